The molecule has 2 atom stereocenters. The van der Waals surface area contributed by atoms with E-state index in [1.165, 1.54) is 5.56 Å². The van der Waals surface area contributed by atoms with Crippen LogP contribution >= 0.6 is 11.6 Å². The molecular formula is C25H34ClN3O3. The zero-order valence-electron chi connectivity index (χ0n) is 19.2. The molecule has 0 bridgehead atoms. The number of hydrogen-bond acceptors (Lipinski definition) is 5. The van der Waals surface area contributed by atoms with Gasteiger partial charge in [0, 0.05) is 45.9 Å². The number of nitrogens with one attached hydrogen (secondary N) is 1. The molecule has 0 aromatic heterocycles. The Morgan fingerprint density at radius 1 is 1.28 bits per heavy atom. The van der Waals surface area contributed by atoms with Gasteiger partial charge in [-0.3, -0.25) is 9.69 Å². The van der Waals surface area contributed by atoms with E-state index in [4.69, 9.17) is 21.1 Å². The van der Waals surface area contributed by atoms with Crippen molar-refractivity contribution in [2.75, 3.05) is 52.0 Å². The van der Waals surface area contributed by atoms with E-state index in [9.17, 15) is 4.79 Å². The van der Waals surface area contributed by atoms with Gasteiger partial charge in [-0.2, -0.15) is 0 Å². The lowest BCUT2D eigenvalue weighted by molar-refractivity contribution is -0.0671. The Morgan fingerprint density at radius 2 is 2.06 bits per heavy atom. The van der Waals surface area contributed by atoms with Crippen LogP contribution in [0.1, 0.15) is 41.7 Å². The van der Waals surface area contributed by atoms with Crippen LogP contribution in [0.5, 0.6) is 0 Å². The number of ether oxygens (including phenoxy) is 2. The van der Waals surface area contributed by atoms with E-state index in [0.29, 0.717) is 23.9 Å². The van der Waals surface area contributed by atoms with Gasteiger partial charge in [0.1, 0.15) is 6.79 Å². The third kappa shape index (κ3) is 6.45. The Balaban J connectivity index is 1.77. The quantitative estimate of drug-likeness (QED) is 0.506. The van der Waals surface area contributed by atoms with E-state index in [-0.39, 0.29) is 18.1 Å². The van der Waals surface area contributed by atoms with Crippen LogP contribution in [0.15, 0.2) is 48.5 Å². The smallest absolute Gasteiger partial charge is 0.251 e. The van der Waals surface area contributed by atoms with E-state index in [1.54, 1.807) is 13.2 Å². The van der Waals surface area contributed by atoms with E-state index in [2.05, 4.69) is 46.4 Å². The molecule has 174 valence electrons. The Bertz CT molecular complexity index is 865. The van der Waals surface area contributed by atoms with Gasteiger partial charge in [0.15, 0.2) is 0 Å². The maximum atomic E-state index is 12.3. The molecule has 0 radical (unpaired) electrons. The van der Waals surface area contributed by atoms with Crippen LogP contribution in [-0.2, 0) is 9.47 Å². The minimum Gasteiger partial charge on any atom is -0.365 e. The first-order chi connectivity index (χ1) is 15.5. The summed E-state index contributed by atoms with van der Waals surface area (Å²) < 4.78 is 10.8. The summed E-state index contributed by atoms with van der Waals surface area (Å²) in [5.74, 6) is -0.0956. The summed E-state index contributed by atoms with van der Waals surface area (Å²) in [5.41, 5.74) is 2.70. The van der Waals surface area contributed by atoms with Crippen LogP contribution in [0.4, 0.5) is 5.69 Å². The first kappa shape index (κ1) is 24.5. The van der Waals surface area contributed by atoms with Crippen LogP contribution < -0.4 is 10.2 Å². The predicted octanol–water partition coefficient (Wildman–Crippen LogP) is 4.35. The fraction of sp³-hybridized carbons (Fsp3) is 0.480. The Kier molecular flexibility index (Phi) is 9.36. The number of halogens is 1. The topological polar surface area (TPSA) is 54.0 Å². The number of likely N-dealkylation sites (tertiary alicyclic amines) is 1. The monoisotopic (exact) mass is 459 g/mol. The normalized spacial score (nSPS) is 17.3. The van der Waals surface area contributed by atoms with E-state index < -0.39 is 0 Å². The molecule has 1 aliphatic rings. The molecule has 1 aliphatic heterocycles. The van der Waals surface area contributed by atoms with Crippen molar-refractivity contribution in [2.45, 2.75) is 31.9 Å². The molecule has 7 heteroatoms. The van der Waals surface area contributed by atoms with Crippen molar-refractivity contribution in [3.05, 3.63) is 64.7 Å². The minimum atomic E-state index is -0.0956. The first-order valence-electron chi connectivity index (χ1n) is 11.2. The summed E-state index contributed by atoms with van der Waals surface area (Å²) in [4.78, 5) is 16.9. The van der Waals surface area contributed by atoms with Crippen molar-refractivity contribution in [3.63, 3.8) is 0 Å². The highest BCUT2D eigenvalue weighted by Gasteiger charge is 2.28. The summed E-state index contributed by atoms with van der Waals surface area (Å²) >= 11 is 6.66. The largest absolute Gasteiger partial charge is 0.365 e. The lowest BCUT2D eigenvalue weighted by Crippen LogP contribution is -2.36. The zero-order valence-corrected chi connectivity index (χ0v) is 20.0. The van der Waals surface area contributed by atoms with Gasteiger partial charge >= 0.3 is 0 Å². The second-order valence-corrected chi connectivity index (χ2v) is 8.61. The number of likely N-dealkylation sites (N-methyl/N-ethyl adjacent to an activating group) is 1. The van der Waals surface area contributed by atoms with Gasteiger partial charge in [-0.05, 0) is 36.6 Å². The van der Waals surface area contributed by atoms with Gasteiger partial charge in [0.2, 0.25) is 0 Å². The molecule has 3 rings (SSSR count). The molecule has 1 amide bonds. The number of anilines is 1. The van der Waals surface area contributed by atoms with Crippen molar-refractivity contribution < 1.29 is 14.3 Å². The maximum absolute atomic E-state index is 12.3. The number of benzene rings is 2. The Morgan fingerprint density at radius 3 is 2.75 bits per heavy atom. The number of hydrogen-bond donors (Lipinski definition) is 1. The van der Waals surface area contributed by atoms with Gasteiger partial charge in [-0.15, -0.1) is 0 Å². The summed E-state index contributed by atoms with van der Waals surface area (Å²) in [6, 6.07) is 16.1. The second kappa shape index (κ2) is 12.2. The number of nitrogens with zero attached hydrogens (tertiary/aromatic N) is 2. The molecular weight excluding hydrogens is 426 g/mol. The standard InChI is InChI=1S/C25H34ClN3O3/c1-4-13-27-25(30)20-10-11-23(22(26)15-20)28(2)24(19-8-6-5-7-9-19)17-29-14-12-21(16-29)32-18-31-3/h5-11,15,21,24H,4,12-14,16-18H2,1-3H3,(H,27,30). The number of carbonyl (C=O) groups excluding carboxylic acids is 1. The number of carbonyl (C=O) groups is 1. The highest BCUT2D eigenvalue weighted by atomic mass is 35.5. The predicted molar refractivity (Wildman–Crippen MR) is 129 cm³/mol. The zero-order chi connectivity index (χ0) is 22.9. The van der Waals surface area contributed by atoms with Crippen LogP contribution in [0.3, 0.4) is 0 Å². The highest BCUT2D eigenvalue weighted by molar-refractivity contribution is 6.33. The van der Waals surface area contributed by atoms with E-state index >= 15 is 0 Å². The second-order valence-electron chi connectivity index (χ2n) is 8.20. The van der Waals surface area contributed by atoms with Gasteiger partial charge in [-0.1, -0.05) is 48.9 Å². The molecule has 2 unspecified atom stereocenters. The molecule has 1 N–H and O–H groups in total. The fourth-order valence-corrected chi connectivity index (χ4v) is 4.39. The number of amides is 1. The molecule has 32 heavy (non-hydrogen) atoms. The SMILES string of the molecule is CCCNC(=O)c1ccc(N(C)C(CN2CCC(OCOC)C2)c2ccccc2)c(Cl)c1. The van der Waals surface area contributed by atoms with Crippen molar-refractivity contribution in [2.24, 2.45) is 0 Å². The summed E-state index contributed by atoms with van der Waals surface area (Å²) in [7, 11) is 3.71. The van der Waals surface area contributed by atoms with Gasteiger partial charge in [0.25, 0.3) is 5.91 Å². The van der Waals surface area contributed by atoms with Crippen LogP contribution in [-0.4, -0.2) is 64.0 Å². The molecule has 1 saturated heterocycles. The fourth-order valence-electron chi connectivity index (χ4n) is 4.08. The Labute approximate surface area is 196 Å². The highest BCUT2D eigenvalue weighted by Crippen LogP contribution is 2.33. The third-order valence-corrected chi connectivity index (χ3v) is 6.16. The molecule has 1 fully saturated rings. The minimum absolute atomic E-state index is 0.0956. The average molecular weight is 460 g/mol. The molecule has 6 nitrogen and oxygen atoms in total. The summed E-state index contributed by atoms with van der Waals surface area (Å²) in [5, 5.41) is 3.47. The van der Waals surface area contributed by atoms with E-state index in [0.717, 1.165) is 38.2 Å². The van der Waals surface area contributed by atoms with Gasteiger partial charge < -0.3 is 19.7 Å². The molecule has 2 aromatic rings. The molecule has 0 spiro atoms. The third-order valence-electron chi connectivity index (χ3n) is 5.86. The summed E-state index contributed by atoms with van der Waals surface area (Å²) in [6.07, 6.45) is 2.09. The number of rotatable bonds is 11. The first-order valence-corrected chi connectivity index (χ1v) is 11.6. The number of methoxy groups -OCH3 is 1. The van der Waals surface area contributed by atoms with Crippen molar-refractivity contribution in [1.29, 1.82) is 0 Å². The molecule has 0 saturated carbocycles. The molecule has 1 heterocycles. The van der Waals surface area contributed by atoms with Crippen molar-refractivity contribution in [1.82, 2.24) is 10.2 Å². The van der Waals surface area contributed by atoms with Crippen LogP contribution in [0, 0.1) is 0 Å². The van der Waals surface area contributed by atoms with Crippen molar-refractivity contribution in [3.8, 4) is 0 Å². The van der Waals surface area contributed by atoms with Crippen LogP contribution in [0.2, 0.25) is 5.02 Å². The Hall–Kier alpha value is -2.12. The lowest BCUT2D eigenvalue weighted by Gasteiger charge is -2.34. The van der Waals surface area contributed by atoms with Gasteiger partial charge in [0.05, 0.1) is 22.9 Å². The molecule has 2 aromatic carbocycles. The van der Waals surface area contributed by atoms with E-state index in [1.807, 2.05) is 25.1 Å². The molecule has 0 aliphatic carbocycles. The van der Waals surface area contributed by atoms with Gasteiger partial charge in [-0.25, -0.2) is 0 Å². The summed E-state index contributed by atoms with van der Waals surface area (Å²) in [6.45, 7) is 5.72. The maximum Gasteiger partial charge on any atom is 0.251 e. The van der Waals surface area contributed by atoms with Crippen molar-refractivity contribution >= 4 is 23.2 Å². The van der Waals surface area contributed by atoms with Crippen LogP contribution in [0.25, 0.3) is 0 Å². The lowest BCUT2D eigenvalue weighted by atomic mass is 10.0. The average Bonchev–Trinajstić information content (AvgIpc) is 3.27.